The summed E-state index contributed by atoms with van der Waals surface area (Å²) in [6, 6.07) is 15.0. The van der Waals surface area contributed by atoms with E-state index in [-0.39, 0.29) is 11.7 Å². The van der Waals surface area contributed by atoms with Gasteiger partial charge in [0.15, 0.2) is 10.9 Å². The number of hydrogen-bond acceptors (Lipinski definition) is 5. The highest BCUT2D eigenvalue weighted by Crippen LogP contribution is 2.30. The fourth-order valence-electron chi connectivity index (χ4n) is 2.64. The highest BCUT2D eigenvalue weighted by Gasteiger charge is 2.14. The van der Waals surface area contributed by atoms with Gasteiger partial charge in [-0.05, 0) is 36.8 Å². The molecule has 0 saturated heterocycles. The Hall–Kier alpha value is -2.86. The summed E-state index contributed by atoms with van der Waals surface area (Å²) in [5.41, 5.74) is 1.52. The van der Waals surface area contributed by atoms with Gasteiger partial charge in [0.2, 0.25) is 0 Å². The molecule has 0 fully saturated rings. The van der Waals surface area contributed by atoms with Crippen molar-refractivity contribution in [3.63, 3.8) is 0 Å². The zero-order valence-electron chi connectivity index (χ0n) is 14.3. The number of fused-ring (bicyclic) bond motifs is 2. The summed E-state index contributed by atoms with van der Waals surface area (Å²) in [6.07, 6.45) is 2.13. The maximum atomic E-state index is 12.4. The van der Waals surface area contributed by atoms with Crippen molar-refractivity contribution in [3.05, 3.63) is 54.3 Å². The Morgan fingerprint density at radius 3 is 2.96 bits per heavy atom. The molecule has 4 aromatic rings. The lowest BCUT2D eigenvalue weighted by molar-refractivity contribution is 0.0998. The van der Waals surface area contributed by atoms with Gasteiger partial charge in [-0.1, -0.05) is 42.9 Å². The van der Waals surface area contributed by atoms with E-state index < -0.39 is 0 Å². The Bertz CT molecular complexity index is 1030. The van der Waals surface area contributed by atoms with Gasteiger partial charge in [-0.2, -0.15) is 0 Å². The normalized spacial score (nSPS) is 11.1. The molecule has 26 heavy (non-hydrogen) atoms. The Labute approximate surface area is 154 Å². The van der Waals surface area contributed by atoms with E-state index >= 15 is 0 Å². The lowest BCUT2D eigenvalue weighted by Gasteiger charge is -2.04. The zero-order chi connectivity index (χ0) is 17.9. The minimum Gasteiger partial charge on any atom is -0.494 e. The van der Waals surface area contributed by atoms with Crippen LogP contribution in [0, 0.1) is 0 Å². The van der Waals surface area contributed by atoms with E-state index in [2.05, 4.69) is 17.2 Å². The van der Waals surface area contributed by atoms with E-state index in [0.717, 1.165) is 34.2 Å². The van der Waals surface area contributed by atoms with Crippen LogP contribution in [0.2, 0.25) is 0 Å². The summed E-state index contributed by atoms with van der Waals surface area (Å²) in [7, 11) is 0. The number of thiazole rings is 1. The number of carbonyl (C=O) groups is 1. The number of amides is 1. The van der Waals surface area contributed by atoms with Crippen molar-refractivity contribution >= 4 is 43.6 Å². The van der Waals surface area contributed by atoms with Gasteiger partial charge in [0, 0.05) is 5.39 Å². The van der Waals surface area contributed by atoms with Gasteiger partial charge in [0.05, 0.1) is 16.8 Å². The molecule has 0 aliphatic heterocycles. The van der Waals surface area contributed by atoms with Gasteiger partial charge < -0.3 is 9.15 Å². The van der Waals surface area contributed by atoms with Gasteiger partial charge in [-0.15, -0.1) is 0 Å². The number of unbranched alkanes of at least 4 members (excludes halogenated alkanes) is 1. The Morgan fingerprint density at radius 1 is 1.23 bits per heavy atom. The molecule has 0 bridgehead atoms. The van der Waals surface area contributed by atoms with Crippen LogP contribution in [0.25, 0.3) is 21.2 Å². The Kier molecular flexibility index (Phi) is 4.58. The van der Waals surface area contributed by atoms with Crippen LogP contribution in [0.4, 0.5) is 5.13 Å². The van der Waals surface area contributed by atoms with Crippen molar-refractivity contribution < 1.29 is 13.9 Å². The molecule has 0 aliphatic carbocycles. The molecule has 5 nitrogen and oxygen atoms in total. The second-order valence-corrected chi connectivity index (χ2v) is 6.98. The van der Waals surface area contributed by atoms with E-state index in [1.165, 1.54) is 11.3 Å². The monoisotopic (exact) mass is 366 g/mol. The van der Waals surface area contributed by atoms with Gasteiger partial charge in [-0.3, -0.25) is 10.1 Å². The van der Waals surface area contributed by atoms with Crippen molar-refractivity contribution in [2.24, 2.45) is 0 Å². The molecule has 0 spiro atoms. The van der Waals surface area contributed by atoms with E-state index in [1.807, 2.05) is 42.5 Å². The summed E-state index contributed by atoms with van der Waals surface area (Å²) < 4.78 is 12.3. The SMILES string of the molecule is CCCCOc1ccc2nc(NC(=O)c3cc4ccccc4o3)sc2c1. The number of nitrogens with zero attached hydrogens (tertiary/aromatic N) is 1. The first-order valence-corrected chi connectivity index (χ1v) is 9.38. The second-order valence-electron chi connectivity index (χ2n) is 5.95. The molecule has 4 rings (SSSR count). The van der Waals surface area contributed by atoms with E-state index in [0.29, 0.717) is 17.3 Å². The molecule has 2 aromatic heterocycles. The lowest BCUT2D eigenvalue weighted by Crippen LogP contribution is -2.10. The number of benzene rings is 2. The quantitative estimate of drug-likeness (QED) is 0.459. The number of ether oxygens (including phenoxy) is 1. The first-order chi connectivity index (χ1) is 12.7. The van der Waals surface area contributed by atoms with Crippen molar-refractivity contribution in [2.45, 2.75) is 19.8 Å². The third-order valence-corrected chi connectivity index (χ3v) is 4.93. The van der Waals surface area contributed by atoms with Crippen LogP contribution >= 0.6 is 11.3 Å². The zero-order valence-corrected chi connectivity index (χ0v) is 15.1. The first kappa shape index (κ1) is 16.6. The van der Waals surface area contributed by atoms with Crippen LogP contribution < -0.4 is 10.1 Å². The number of hydrogen-bond donors (Lipinski definition) is 1. The number of rotatable bonds is 6. The predicted octanol–water partition coefficient (Wildman–Crippen LogP) is 5.47. The first-order valence-electron chi connectivity index (χ1n) is 8.56. The molecular weight excluding hydrogens is 348 g/mol. The molecular formula is C20H18N2O3S. The standard InChI is InChI=1S/C20H18N2O3S/c1-2-3-10-24-14-8-9-15-18(12-14)26-20(21-15)22-19(23)17-11-13-6-4-5-7-16(13)25-17/h4-9,11-12H,2-3,10H2,1H3,(H,21,22,23). The largest absolute Gasteiger partial charge is 0.494 e. The Morgan fingerprint density at radius 2 is 2.12 bits per heavy atom. The van der Waals surface area contributed by atoms with Gasteiger partial charge in [0.25, 0.3) is 5.91 Å². The molecule has 0 radical (unpaired) electrons. The maximum Gasteiger partial charge on any atom is 0.293 e. The van der Waals surface area contributed by atoms with Crippen LogP contribution in [-0.4, -0.2) is 17.5 Å². The molecule has 0 saturated carbocycles. The molecule has 2 heterocycles. The third kappa shape index (κ3) is 3.41. The molecule has 2 aromatic carbocycles. The molecule has 132 valence electrons. The smallest absolute Gasteiger partial charge is 0.293 e. The minimum atomic E-state index is -0.306. The van der Waals surface area contributed by atoms with Crippen molar-refractivity contribution in [3.8, 4) is 5.75 Å². The molecule has 1 N–H and O–H groups in total. The fraction of sp³-hybridized carbons (Fsp3) is 0.200. The average Bonchev–Trinajstić information content (AvgIpc) is 3.24. The molecule has 0 aliphatic rings. The van der Waals surface area contributed by atoms with Crippen LogP contribution in [0.1, 0.15) is 30.3 Å². The predicted molar refractivity (Wildman–Crippen MR) is 104 cm³/mol. The van der Waals surface area contributed by atoms with Crippen LogP contribution in [0.15, 0.2) is 52.9 Å². The van der Waals surface area contributed by atoms with Crippen molar-refractivity contribution in [1.29, 1.82) is 0 Å². The van der Waals surface area contributed by atoms with Crippen LogP contribution in [0.3, 0.4) is 0 Å². The summed E-state index contributed by atoms with van der Waals surface area (Å²) in [5.74, 6) is 0.790. The van der Waals surface area contributed by atoms with Crippen molar-refractivity contribution in [1.82, 2.24) is 4.98 Å². The topological polar surface area (TPSA) is 64.4 Å². The Balaban J connectivity index is 1.51. The molecule has 0 unspecified atom stereocenters. The van der Waals surface area contributed by atoms with E-state index in [1.54, 1.807) is 6.07 Å². The molecule has 0 atom stereocenters. The second kappa shape index (κ2) is 7.17. The number of furan rings is 1. The molecule has 1 amide bonds. The van der Waals surface area contributed by atoms with Gasteiger partial charge >= 0.3 is 0 Å². The molecule has 6 heteroatoms. The van der Waals surface area contributed by atoms with Crippen LogP contribution in [-0.2, 0) is 0 Å². The van der Waals surface area contributed by atoms with E-state index in [9.17, 15) is 4.79 Å². The fourth-order valence-corrected chi connectivity index (χ4v) is 3.52. The van der Waals surface area contributed by atoms with E-state index in [4.69, 9.17) is 9.15 Å². The summed E-state index contributed by atoms with van der Waals surface area (Å²) in [5, 5.41) is 4.25. The van der Waals surface area contributed by atoms with Crippen LogP contribution in [0.5, 0.6) is 5.75 Å². The highest BCUT2D eigenvalue weighted by molar-refractivity contribution is 7.22. The number of carbonyl (C=O) groups excluding carboxylic acids is 1. The van der Waals surface area contributed by atoms with Gasteiger partial charge in [-0.25, -0.2) is 4.98 Å². The van der Waals surface area contributed by atoms with Gasteiger partial charge in [0.1, 0.15) is 11.3 Å². The summed E-state index contributed by atoms with van der Waals surface area (Å²) in [6.45, 7) is 2.84. The number of anilines is 1. The summed E-state index contributed by atoms with van der Waals surface area (Å²) in [4.78, 5) is 16.9. The summed E-state index contributed by atoms with van der Waals surface area (Å²) >= 11 is 1.42. The average molecular weight is 366 g/mol. The number of para-hydroxylation sites is 1. The highest BCUT2D eigenvalue weighted by atomic mass is 32.1. The number of aromatic nitrogens is 1. The third-order valence-electron chi connectivity index (χ3n) is 4.00. The van der Waals surface area contributed by atoms with Crippen molar-refractivity contribution in [2.75, 3.05) is 11.9 Å². The minimum absolute atomic E-state index is 0.272. The lowest BCUT2D eigenvalue weighted by atomic mass is 10.2. The number of nitrogens with one attached hydrogen (secondary N) is 1. The maximum absolute atomic E-state index is 12.4.